The van der Waals surface area contributed by atoms with Crippen molar-refractivity contribution in [1.82, 2.24) is 0 Å². The molecule has 3 heteroatoms. The van der Waals surface area contributed by atoms with E-state index in [0.29, 0.717) is 12.5 Å². The number of para-hydroxylation sites is 1. The molecular weight excluding hydrogens is 250 g/mol. The van der Waals surface area contributed by atoms with Crippen molar-refractivity contribution in [1.29, 1.82) is 0 Å². The van der Waals surface area contributed by atoms with Gasteiger partial charge in [0, 0.05) is 18.0 Å². The summed E-state index contributed by atoms with van der Waals surface area (Å²) >= 11 is 0. The van der Waals surface area contributed by atoms with E-state index in [1.165, 1.54) is 0 Å². The maximum Gasteiger partial charge on any atom is 0.122 e. The minimum Gasteiger partial charge on any atom is -0.496 e. The van der Waals surface area contributed by atoms with Crippen LogP contribution in [0.3, 0.4) is 0 Å². The molecule has 0 aliphatic rings. The normalized spacial score (nSPS) is 14.3. The number of hydrogen-bond acceptors (Lipinski definition) is 3. The van der Waals surface area contributed by atoms with Crippen molar-refractivity contribution in [3.8, 4) is 5.75 Å². The van der Waals surface area contributed by atoms with Crippen LogP contribution in [0, 0.1) is 5.92 Å². The molecule has 1 rings (SSSR count). The van der Waals surface area contributed by atoms with Gasteiger partial charge in [-0.3, -0.25) is 0 Å². The van der Waals surface area contributed by atoms with Gasteiger partial charge in [-0.25, -0.2) is 0 Å². The van der Waals surface area contributed by atoms with Crippen LogP contribution in [0.2, 0.25) is 0 Å². The number of benzene rings is 1. The molecule has 3 N–H and O–H groups in total. The summed E-state index contributed by atoms with van der Waals surface area (Å²) in [5.41, 5.74) is 6.96. The van der Waals surface area contributed by atoms with E-state index >= 15 is 0 Å². The summed E-state index contributed by atoms with van der Waals surface area (Å²) in [6.45, 7) is 4.76. The molecule has 2 atom stereocenters. The largest absolute Gasteiger partial charge is 0.496 e. The maximum atomic E-state index is 10.8. The van der Waals surface area contributed by atoms with Gasteiger partial charge in [0.1, 0.15) is 5.75 Å². The first-order valence-electron chi connectivity index (χ1n) is 7.70. The van der Waals surface area contributed by atoms with Crippen LogP contribution in [0.15, 0.2) is 24.3 Å². The zero-order chi connectivity index (χ0) is 15.0. The van der Waals surface area contributed by atoms with Crippen LogP contribution < -0.4 is 10.5 Å². The minimum atomic E-state index is -0.406. The first-order valence-corrected chi connectivity index (χ1v) is 7.70. The second-order valence-electron chi connectivity index (χ2n) is 5.41. The summed E-state index contributed by atoms with van der Waals surface area (Å²) in [5.74, 6) is 1.06. The molecule has 0 saturated carbocycles. The number of rotatable bonds is 9. The summed E-state index contributed by atoms with van der Waals surface area (Å²) in [6.07, 6.45) is 3.85. The molecule has 114 valence electrons. The molecule has 0 bridgehead atoms. The SMILES string of the molecule is CCCC(CCC)C(O)C(CN)c1ccccc1OC. The summed E-state index contributed by atoms with van der Waals surface area (Å²) in [6, 6.07) is 7.85. The van der Waals surface area contributed by atoms with E-state index < -0.39 is 6.10 Å². The van der Waals surface area contributed by atoms with Crippen molar-refractivity contribution in [2.45, 2.75) is 51.6 Å². The molecule has 20 heavy (non-hydrogen) atoms. The van der Waals surface area contributed by atoms with Crippen molar-refractivity contribution >= 4 is 0 Å². The highest BCUT2D eigenvalue weighted by molar-refractivity contribution is 5.37. The van der Waals surface area contributed by atoms with Gasteiger partial charge in [0.2, 0.25) is 0 Å². The lowest BCUT2D eigenvalue weighted by molar-refractivity contribution is 0.0714. The number of aliphatic hydroxyl groups is 1. The number of nitrogens with two attached hydrogens (primary N) is 1. The van der Waals surface area contributed by atoms with Crippen LogP contribution in [0.4, 0.5) is 0 Å². The first kappa shape index (κ1) is 17.0. The summed E-state index contributed by atoms with van der Waals surface area (Å²) in [4.78, 5) is 0. The van der Waals surface area contributed by atoms with Crippen LogP contribution in [0.5, 0.6) is 5.75 Å². The lowest BCUT2D eigenvalue weighted by Gasteiger charge is -2.30. The zero-order valence-corrected chi connectivity index (χ0v) is 13.0. The Morgan fingerprint density at radius 2 is 1.75 bits per heavy atom. The van der Waals surface area contributed by atoms with Crippen LogP contribution in [-0.2, 0) is 0 Å². The smallest absolute Gasteiger partial charge is 0.122 e. The second-order valence-corrected chi connectivity index (χ2v) is 5.41. The Hall–Kier alpha value is -1.06. The lowest BCUT2D eigenvalue weighted by atomic mass is 9.81. The second kappa shape index (κ2) is 8.98. The van der Waals surface area contributed by atoms with E-state index in [-0.39, 0.29) is 5.92 Å². The van der Waals surface area contributed by atoms with Gasteiger partial charge in [-0.2, -0.15) is 0 Å². The third kappa shape index (κ3) is 4.22. The fourth-order valence-electron chi connectivity index (χ4n) is 2.98. The van der Waals surface area contributed by atoms with Crippen LogP contribution in [0.1, 0.15) is 51.0 Å². The Morgan fingerprint density at radius 3 is 2.25 bits per heavy atom. The molecule has 0 aromatic heterocycles. The standard InChI is InChI=1S/C17H29NO2/c1-4-8-13(9-5-2)17(19)15(12-18)14-10-6-7-11-16(14)20-3/h6-7,10-11,13,15,17,19H,4-5,8-9,12,18H2,1-3H3. The molecule has 0 aliphatic carbocycles. The molecule has 0 radical (unpaired) electrons. The highest BCUT2D eigenvalue weighted by Crippen LogP contribution is 2.33. The van der Waals surface area contributed by atoms with E-state index in [9.17, 15) is 5.11 Å². The zero-order valence-electron chi connectivity index (χ0n) is 13.0. The number of methoxy groups -OCH3 is 1. The number of ether oxygens (including phenoxy) is 1. The van der Waals surface area contributed by atoms with Gasteiger partial charge >= 0.3 is 0 Å². The number of aliphatic hydroxyl groups excluding tert-OH is 1. The maximum absolute atomic E-state index is 10.8. The van der Waals surface area contributed by atoms with Crippen molar-refractivity contribution in [3.63, 3.8) is 0 Å². The highest BCUT2D eigenvalue weighted by atomic mass is 16.5. The molecule has 0 spiro atoms. The van der Waals surface area contributed by atoms with Crippen LogP contribution in [0.25, 0.3) is 0 Å². The monoisotopic (exact) mass is 279 g/mol. The summed E-state index contributed by atoms with van der Waals surface area (Å²) < 4.78 is 5.41. The van der Waals surface area contributed by atoms with E-state index in [4.69, 9.17) is 10.5 Å². The number of hydrogen-bond donors (Lipinski definition) is 2. The molecular formula is C17H29NO2. The molecule has 2 unspecified atom stereocenters. The third-order valence-electron chi connectivity index (χ3n) is 4.01. The molecule has 0 aliphatic heterocycles. The summed E-state index contributed by atoms with van der Waals surface area (Å²) in [7, 11) is 1.66. The molecule has 3 nitrogen and oxygen atoms in total. The van der Waals surface area contributed by atoms with E-state index in [0.717, 1.165) is 37.0 Å². The molecule has 0 amide bonds. The van der Waals surface area contributed by atoms with Gasteiger partial charge in [0.25, 0.3) is 0 Å². The fourth-order valence-corrected chi connectivity index (χ4v) is 2.98. The highest BCUT2D eigenvalue weighted by Gasteiger charge is 2.28. The Balaban J connectivity index is 2.97. The van der Waals surface area contributed by atoms with Gasteiger partial charge < -0.3 is 15.6 Å². The molecule has 1 aromatic rings. The van der Waals surface area contributed by atoms with E-state index in [1.807, 2.05) is 24.3 Å². The van der Waals surface area contributed by atoms with Crippen molar-refractivity contribution in [2.24, 2.45) is 11.7 Å². The topological polar surface area (TPSA) is 55.5 Å². The van der Waals surface area contributed by atoms with E-state index in [2.05, 4.69) is 13.8 Å². The lowest BCUT2D eigenvalue weighted by Crippen LogP contribution is -2.32. The first-order chi connectivity index (χ1) is 9.69. The van der Waals surface area contributed by atoms with Gasteiger partial charge in [-0.1, -0.05) is 44.9 Å². The van der Waals surface area contributed by atoms with Crippen LogP contribution >= 0.6 is 0 Å². The fraction of sp³-hybridized carbons (Fsp3) is 0.647. The average Bonchev–Trinajstić information content (AvgIpc) is 2.48. The Morgan fingerprint density at radius 1 is 1.15 bits per heavy atom. The average molecular weight is 279 g/mol. The van der Waals surface area contributed by atoms with E-state index in [1.54, 1.807) is 7.11 Å². The molecule has 0 fully saturated rings. The quantitative estimate of drug-likeness (QED) is 0.729. The Bertz CT molecular complexity index is 375. The summed E-state index contributed by atoms with van der Waals surface area (Å²) in [5, 5.41) is 10.8. The van der Waals surface area contributed by atoms with Gasteiger partial charge in [-0.15, -0.1) is 0 Å². The van der Waals surface area contributed by atoms with Crippen molar-refractivity contribution in [3.05, 3.63) is 29.8 Å². The third-order valence-corrected chi connectivity index (χ3v) is 4.01. The predicted molar refractivity (Wildman–Crippen MR) is 84.1 cm³/mol. The molecule has 0 saturated heterocycles. The Labute approximate surface area is 123 Å². The molecule has 0 heterocycles. The minimum absolute atomic E-state index is 0.0609. The molecule has 1 aromatic carbocycles. The van der Waals surface area contributed by atoms with Gasteiger partial charge in [0.15, 0.2) is 0 Å². The van der Waals surface area contributed by atoms with Gasteiger partial charge in [-0.05, 0) is 24.8 Å². The van der Waals surface area contributed by atoms with Crippen molar-refractivity contribution < 1.29 is 9.84 Å². The van der Waals surface area contributed by atoms with Gasteiger partial charge in [0.05, 0.1) is 13.2 Å². The Kier molecular flexibility index (Phi) is 7.63. The van der Waals surface area contributed by atoms with Crippen molar-refractivity contribution in [2.75, 3.05) is 13.7 Å². The predicted octanol–water partition coefficient (Wildman–Crippen LogP) is 3.31. The van der Waals surface area contributed by atoms with Crippen LogP contribution in [-0.4, -0.2) is 24.9 Å².